The summed E-state index contributed by atoms with van der Waals surface area (Å²) >= 11 is 0. The van der Waals surface area contributed by atoms with Gasteiger partial charge in [-0.2, -0.15) is 5.26 Å². The van der Waals surface area contributed by atoms with Crippen LogP contribution in [0.1, 0.15) is 22.3 Å². The first-order chi connectivity index (χ1) is 12.4. The standard InChI is InChI=1S/C21H22N2O3/c1-13-6-7-18(15(3)8-13)23-21(24)17(12-22)10-16-11-20(26-5)19(25-4)9-14(16)2/h6-11H,1-5H3,(H,23,24)/b17-10-. The molecule has 2 rings (SSSR count). The Bertz CT molecular complexity index is 908. The number of hydrogen-bond acceptors (Lipinski definition) is 4. The first-order valence-electron chi connectivity index (χ1n) is 8.12. The summed E-state index contributed by atoms with van der Waals surface area (Å²) in [5.41, 5.74) is 4.34. The molecule has 1 N–H and O–H groups in total. The highest BCUT2D eigenvalue weighted by Gasteiger charge is 2.13. The Hall–Kier alpha value is -3.26. The van der Waals surface area contributed by atoms with Crippen LogP contribution in [0.25, 0.3) is 6.08 Å². The van der Waals surface area contributed by atoms with Crippen molar-refractivity contribution >= 4 is 17.7 Å². The second kappa shape index (κ2) is 8.21. The second-order valence-electron chi connectivity index (χ2n) is 6.01. The highest BCUT2D eigenvalue weighted by Crippen LogP contribution is 2.31. The van der Waals surface area contributed by atoms with Crippen molar-refractivity contribution in [2.24, 2.45) is 0 Å². The number of nitrogens with zero attached hydrogens (tertiary/aromatic N) is 1. The van der Waals surface area contributed by atoms with E-state index in [4.69, 9.17) is 9.47 Å². The molecule has 0 aliphatic rings. The van der Waals surface area contributed by atoms with Crippen LogP contribution < -0.4 is 14.8 Å². The molecule has 26 heavy (non-hydrogen) atoms. The highest BCUT2D eigenvalue weighted by atomic mass is 16.5. The number of hydrogen-bond donors (Lipinski definition) is 1. The number of carbonyl (C=O) groups excluding carboxylic acids is 1. The molecule has 0 aliphatic heterocycles. The Morgan fingerprint density at radius 1 is 1.04 bits per heavy atom. The van der Waals surface area contributed by atoms with Crippen molar-refractivity contribution < 1.29 is 14.3 Å². The molecule has 2 aromatic carbocycles. The van der Waals surface area contributed by atoms with Crippen LogP contribution in [0.4, 0.5) is 5.69 Å². The fourth-order valence-electron chi connectivity index (χ4n) is 2.60. The fourth-order valence-corrected chi connectivity index (χ4v) is 2.60. The van der Waals surface area contributed by atoms with E-state index in [1.54, 1.807) is 26.4 Å². The van der Waals surface area contributed by atoms with Crippen molar-refractivity contribution in [3.8, 4) is 17.6 Å². The Labute approximate surface area is 153 Å². The van der Waals surface area contributed by atoms with Gasteiger partial charge in [0.25, 0.3) is 5.91 Å². The summed E-state index contributed by atoms with van der Waals surface area (Å²) in [5, 5.41) is 12.2. The van der Waals surface area contributed by atoms with Crippen LogP contribution in [-0.2, 0) is 4.79 Å². The van der Waals surface area contributed by atoms with E-state index in [0.717, 1.165) is 22.3 Å². The normalized spacial score (nSPS) is 10.8. The van der Waals surface area contributed by atoms with Gasteiger partial charge in [-0.3, -0.25) is 4.79 Å². The zero-order chi connectivity index (χ0) is 19.3. The molecule has 0 atom stereocenters. The zero-order valence-electron chi connectivity index (χ0n) is 15.6. The first kappa shape index (κ1) is 19.1. The van der Waals surface area contributed by atoms with Crippen LogP contribution in [0.2, 0.25) is 0 Å². The van der Waals surface area contributed by atoms with Gasteiger partial charge in [-0.15, -0.1) is 0 Å². The molecular formula is C21H22N2O3. The SMILES string of the molecule is COc1cc(C)c(/C=C(/C#N)C(=O)Nc2ccc(C)cc2C)cc1OC. The lowest BCUT2D eigenvalue weighted by Crippen LogP contribution is -2.14. The van der Waals surface area contributed by atoms with Crippen molar-refractivity contribution in [3.05, 3.63) is 58.2 Å². The van der Waals surface area contributed by atoms with Crippen molar-refractivity contribution in [2.45, 2.75) is 20.8 Å². The number of nitriles is 1. The van der Waals surface area contributed by atoms with Gasteiger partial charge < -0.3 is 14.8 Å². The van der Waals surface area contributed by atoms with E-state index in [-0.39, 0.29) is 5.57 Å². The third kappa shape index (κ3) is 4.22. The van der Waals surface area contributed by atoms with Gasteiger partial charge >= 0.3 is 0 Å². The molecule has 5 nitrogen and oxygen atoms in total. The minimum absolute atomic E-state index is 0.0142. The minimum Gasteiger partial charge on any atom is -0.493 e. The van der Waals surface area contributed by atoms with Gasteiger partial charge in [0.15, 0.2) is 11.5 Å². The monoisotopic (exact) mass is 350 g/mol. The molecule has 0 aromatic heterocycles. The number of aryl methyl sites for hydroxylation is 3. The molecule has 0 aliphatic carbocycles. The van der Waals surface area contributed by atoms with Gasteiger partial charge in [-0.25, -0.2) is 0 Å². The van der Waals surface area contributed by atoms with Gasteiger partial charge in [0.1, 0.15) is 11.6 Å². The molecule has 0 heterocycles. The quantitative estimate of drug-likeness (QED) is 0.649. The first-order valence-corrected chi connectivity index (χ1v) is 8.12. The number of ether oxygens (including phenoxy) is 2. The van der Waals surface area contributed by atoms with Crippen LogP contribution in [0.15, 0.2) is 35.9 Å². The summed E-state index contributed by atoms with van der Waals surface area (Å²) in [7, 11) is 3.10. The molecule has 0 spiro atoms. The second-order valence-corrected chi connectivity index (χ2v) is 6.01. The predicted molar refractivity (Wildman–Crippen MR) is 102 cm³/mol. The maximum atomic E-state index is 12.5. The van der Waals surface area contributed by atoms with E-state index in [1.807, 2.05) is 51.1 Å². The van der Waals surface area contributed by atoms with E-state index in [1.165, 1.54) is 0 Å². The molecule has 134 valence electrons. The maximum Gasteiger partial charge on any atom is 0.266 e. The molecule has 2 aromatic rings. The maximum absolute atomic E-state index is 12.5. The van der Waals surface area contributed by atoms with Crippen LogP contribution in [-0.4, -0.2) is 20.1 Å². The molecular weight excluding hydrogens is 328 g/mol. The van der Waals surface area contributed by atoms with Gasteiger partial charge in [0, 0.05) is 5.69 Å². The zero-order valence-corrected chi connectivity index (χ0v) is 15.6. The Morgan fingerprint density at radius 3 is 2.27 bits per heavy atom. The van der Waals surface area contributed by atoms with Crippen LogP contribution in [0.5, 0.6) is 11.5 Å². The lowest BCUT2D eigenvalue weighted by atomic mass is 10.0. The largest absolute Gasteiger partial charge is 0.493 e. The van der Waals surface area contributed by atoms with Crippen molar-refractivity contribution in [2.75, 3.05) is 19.5 Å². The number of amides is 1. The van der Waals surface area contributed by atoms with Gasteiger partial charge in [-0.05, 0) is 61.7 Å². The van der Waals surface area contributed by atoms with E-state index in [2.05, 4.69) is 5.32 Å². The molecule has 1 amide bonds. The van der Waals surface area contributed by atoms with E-state index < -0.39 is 5.91 Å². The number of carbonyl (C=O) groups is 1. The Balaban J connectivity index is 2.35. The summed E-state index contributed by atoms with van der Waals surface area (Å²) in [4.78, 5) is 12.5. The molecule has 0 bridgehead atoms. The Kier molecular flexibility index (Phi) is 6.03. The average molecular weight is 350 g/mol. The lowest BCUT2D eigenvalue weighted by Gasteiger charge is -2.11. The molecule has 0 unspecified atom stereocenters. The van der Waals surface area contributed by atoms with E-state index in [0.29, 0.717) is 17.2 Å². The molecule has 0 fully saturated rings. The Morgan fingerprint density at radius 2 is 1.69 bits per heavy atom. The molecule has 0 saturated carbocycles. The highest BCUT2D eigenvalue weighted by molar-refractivity contribution is 6.10. The van der Waals surface area contributed by atoms with Crippen LogP contribution in [0, 0.1) is 32.1 Å². The van der Waals surface area contributed by atoms with Crippen LogP contribution >= 0.6 is 0 Å². The summed E-state index contributed by atoms with van der Waals surface area (Å²) < 4.78 is 10.6. The van der Waals surface area contributed by atoms with Gasteiger partial charge in [-0.1, -0.05) is 17.7 Å². The van der Waals surface area contributed by atoms with E-state index >= 15 is 0 Å². The predicted octanol–water partition coefficient (Wildman–Crippen LogP) is 4.17. The fraction of sp³-hybridized carbons (Fsp3) is 0.238. The summed E-state index contributed by atoms with van der Waals surface area (Å²) in [5.74, 6) is 0.686. The smallest absolute Gasteiger partial charge is 0.266 e. The minimum atomic E-state index is -0.450. The molecule has 0 radical (unpaired) electrons. The number of methoxy groups -OCH3 is 2. The third-order valence-corrected chi connectivity index (χ3v) is 4.07. The van der Waals surface area contributed by atoms with E-state index in [9.17, 15) is 10.1 Å². The average Bonchev–Trinajstić information content (AvgIpc) is 2.62. The summed E-state index contributed by atoms with van der Waals surface area (Å²) in [6, 6.07) is 11.2. The molecule has 0 saturated heterocycles. The summed E-state index contributed by atoms with van der Waals surface area (Å²) in [6.45, 7) is 5.78. The third-order valence-electron chi connectivity index (χ3n) is 4.07. The van der Waals surface area contributed by atoms with Crippen molar-refractivity contribution in [3.63, 3.8) is 0 Å². The molecule has 5 heteroatoms. The van der Waals surface area contributed by atoms with Crippen molar-refractivity contribution in [1.29, 1.82) is 5.26 Å². The van der Waals surface area contributed by atoms with Crippen LogP contribution in [0.3, 0.4) is 0 Å². The number of nitrogens with one attached hydrogen (secondary N) is 1. The lowest BCUT2D eigenvalue weighted by molar-refractivity contribution is -0.112. The number of rotatable bonds is 5. The van der Waals surface area contributed by atoms with Gasteiger partial charge in [0.2, 0.25) is 0 Å². The van der Waals surface area contributed by atoms with Gasteiger partial charge in [0.05, 0.1) is 14.2 Å². The van der Waals surface area contributed by atoms with Crippen molar-refractivity contribution in [1.82, 2.24) is 0 Å². The summed E-state index contributed by atoms with van der Waals surface area (Å²) in [6.07, 6.45) is 1.55. The topological polar surface area (TPSA) is 71.3 Å². The number of benzene rings is 2. The number of anilines is 1.